The van der Waals surface area contributed by atoms with Crippen LogP contribution in [0.1, 0.15) is 29.9 Å². The lowest BCUT2D eigenvalue weighted by atomic mass is 10.0. The molecule has 0 bridgehead atoms. The fourth-order valence-corrected chi connectivity index (χ4v) is 2.29. The number of aryl methyl sites for hydroxylation is 2. The zero-order valence-electron chi connectivity index (χ0n) is 11.5. The van der Waals surface area contributed by atoms with Crippen LogP contribution in [-0.4, -0.2) is 21.3 Å². The third-order valence-electron chi connectivity index (χ3n) is 3.36. The standard InChI is InChI=1S/C14H19N3O2/c1-4-12-16-13-9(11(15)7-18)5-8(2)6-10(13)14(19)17(12)3/h5-6,11,18H,4,7,15H2,1-3H3. The maximum Gasteiger partial charge on any atom is 0.261 e. The van der Waals surface area contributed by atoms with Gasteiger partial charge in [0, 0.05) is 13.5 Å². The van der Waals surface area contributed by atoms with Gasteiger partial charge in [0.15, 0.2) is 0 Å². The van der Waals surface area contributed by atoms with Crippen molar-refractivity contribution in [1.29, 1.82) is 0 Å². The van der Waals surface area contributed by atoms with Crippen LogP contribution in [-0.2, 0) is 13.5 Å². The van der Waals surface area contributed by atoms with Gasteiger partial charge in [-0.05, 0) is 24.1 Å². The lowest BCUT2D eigenvalue weighted by molar-refractivity contribution is 0.268. The van der Waals surface area contributed by atoms with E-state index in [1.807, 2.05) is 26.0 Å². The molecule has 0 saturated heterocycles. The number of aromatic nitrogens is 2. The predicted octanol–water partition coefficient (Wildman–Crippen LogP) is 0.796. The highest BCUT2D eigenvalue weighted by Crippen LogP contribution is 2.21. The number of hydrogen-bond donors (Lipinski definition) is 2. The molecule has 1 unspecified atom stereocenters. The second-order valence-electron chi connectivity index (χ2n) is 4.79. The number of fused-ring (bicyclic) bond motifs is 1. The van der Waals surface area contributed by atoms with E-state index in [0.717, 1.165) is 11.1 Å². The Morgan fingerprint density at radius 3 is 2.74 bits per heavy atom. The second kappa shape index (κ2) is 5.11. The van der Waals surface area contributed by atoms with Crippen LogP contribution in [0.25, 0.3) is 10.9 Å². The summed E-state index contributed by atoms with van der Waals surface area (Å²) in [4.78, 5) is 16.9. The molecule has 0 aliphatic carbocycles. The Kier molecular flexibility index (Phi) is 3.68. The Morgan fingerprint density at radius 1 is 1.47 bits per heavy atom. The van der Waals surface area contributed by atoms with E-state index >= 15 is 0 Å². The molecule has 19 heavy (non-hydrogen) atoms. The van der Waals surface area contributed by atoms with Crippen molar-refractivity contribution in [1.82, 2.24) is 9.55 Å². The van der Waals surface area contributed by atoms with E-state index in [-0.39, 0.29) is 12.2 Å². The van der Waals surface area contributed by atoms with E-state index in [1.54, 1.807) is 11.6 Å². The second-order valence-corrected chi connectivity index (χ2v) is 4.79. The third kappa shape index (κ3) is 2.27. The average Bonchev–Trinajstić information content (AvgIpc) is 2.41. The molecule has 0 spiro atoms. The van der Waals surface area contributed by atoms with Gasteiger partial charge in [-0.15, -0.1) is 0 Å². The Labute approximate surface area is 111 Å². The first kappa shape index (κ1) is 13.7. The van der Waals surface area contributed by atoms with Crippen LogP contribution in [0.4, 0.5) is 0 Å². The molecule has 102 valence electrons. The molecule has 0 aliphatic rings. The lowest BCUT2D eigenvalue weighted by Gasteiger charge is -2.15. The van der Waals surface area contributed by atoms with E-state index in [0.29, 0.717) is 23.1 Å². The van der Waals surface area contributed by atoms with E-state index in [1.165, 1.54) is 0 Å². The summed E-state index contributed by atoms with van der Waals surface area (Å²) < 4.78 is 1.57. The van der Waals surface area contributed by atoms with Gasteiger partial charge in [0.05, 0.1) is 23.6 Å². The van der Waals surface area contributed by atoms with Gasteiger partial charge in [0.1, 0.15) is 5.82 Å². The Balaban J connectivity index is 2.91. The van der Waals surface area contributed by atoms with Gasteiger partial charge in [-0.3, -0.25) is 9.36 Å². The first-order valence-corrected chi connectivity index (χ1v) is 6.36. The van der Waals surface area contributed by atoms with E-state index < -0.39 is 6.04 Å². The molecule has 1 aromatic carbocycles. The first-order valence-electron chi connectivity index (χ1n) is 6.36. The lowest BCUT2D eigenvalue weighted by Crippen LogP contribution is -2.24. The zero-order valence-corrected chi connectivity index (χ0v) is 11.5. The topological polar surface area (TPSA) is 81.1 Å². The Bertz CT molecular complexity index is 676. The molecule has 0 saturated carbocycles. The van der Waals surface area contributed by atoms with Crippen LogP contribution in [0.3, 0.4) is 0 Å². The zero-order chi connectivity index (χ0) is 14.2. The largest absolute Gasteiger partial charge is 0.394 e. The first-order chi connectivity index (χ1) is 8.99. The monoisotopic (exact) mass is 261 g/mol. The minimum Gasteiger partial charge on any atom is -0.394 e. The highest BCUT2D eigenvalue weighted by Gasteiger charge is 2.15. The third-order valence-corrected chi connectivity index (χ3v) is 3.36. The molecule has 0 aliphatic heterocycles. The molecule has 3 N–H and O–H groups in total. The van der Waals surface area contributed by atoms with Crippen LogP contribution in [0, 0.1) is 6.92 Å². The fourth-order valence-electron chi connectivity index (χ4n) is 2.29. The summed E-state index contributed by atoms with van der Waals surface area (Å²) in [6.07, 6.45) is 0.670. The van der Waals surface area contributed by atoms with Gasteiger partial charge in [0.25, 0.3) is 5.56 Å². The number of nitrogens with zero attached hydrogens (tertiary/aromatic N) is 2. The summed E-state index contributed by atoms with van der Waals surface area (Å²) in [6.45, 7) is 3.69. The van der Waals surface area contributed by atoms with Gasteiger partial charge in [0.2, 0.25) is 0 Å². The number of benzene rings is 1. The number of aliphatic hydroxyl groups is 1. The number of rotatable bonds is 3. The maximum absolute atomic E-state index is 12.3. The van der Waals surface area contributed by atoms with Gasteiger partial charge in [-0.2, -0.15) is 0 Å². The highest BCUT2D eigenvalue weighted by molar-refractivity contribution is 5.82. The van der Waals surface area contributed by atoms with Crippen molar-refractivity contribution < 1.29 is 5.11 Å². The van der Waals surface area contributed by atoms with Gasteiger partial charge in [-0.25, -0.2) is 4.98 Å². The molecule has 2 rings (SSSR count). The molecule has 1 aromatic heterocycles. The molecule has 5 heteroatoms. The number of hydrogen-bond acceptors (Lipinski definition) is 4. The van der Waals surface area contributed by atoms with Crippen molar-refractivity contribution in [2.75, 3.05) is 6.61 Å². The minimum absolute atomic E-state index is 0.0723. The smallest absolute Gasteiger partial charge is 0.261 e. The molecule has 1 atom stereocenters. The molecule has 0 fully saturated rings. The average molecular weight is 261 g/mol. The fraction of sp³-hybridized carbons (Fsp3) is 0.429. The molecule has 2 aromatic rings. The predicted molar refractivity (Wildman–Crippen MR) is 75.1 cm³/mol. The van der Waals surface area contributed by atoms with Crippen molar-refractivity contribution in [3.05, 3.63) is 39.4 Å². The summed E-state index contributed by atoms with van der Waals surface area (Å²) in [6, 6.07) is 3.18. The summed E-state index contributed by atoms with van der Waals surface area (Å²) >= 11 is 0. The van der Waals surface area contributed by atoms with Gasteiger partial charge < -0.3 is 10.8 Å². The summed E-state index contributed by atoms with van der Waals surface area (Å²) in [5.74, 6) is 0.716. The molecular formula is C14H19N3O2. The van der Waals surface area contributed by atoms with Crippen LogP contribution in [0.5, 0.6) is 0 Å². The summed E-state index contributed by atoms with van der Waals surface area (Å²) in [5, 5.41) is 9.81. The van der Waals surface area contributed by atoms with Crippen molar-refractivity contribution in [3.63, 3.8) is 0 Å². The van der Waals surface area contributed by atoms with E-state index in [2.05, 4.69) is 4.98 Å². The quantitative estimate of drug-likeness (QED) is 0.856. The van der Waals surface area contributed by atoms with Crippen molar-refractivity contribution in [3.8, 4) is 0 Å². The van der Waals surface area contributed by atoms with Crippen molar-refractivity contribution in [2.45, 2.75) is 26.3 Å². The summed E-state index contributed by atoms with van der Waals surface area (Å²) in [5.41, 5.74) is 8.11. The Morgan fingerprint density at radius 2 is 2.16 bits per heavy atom. The van der Waals surface area contributed by atoms with Crippen molar-refractivity contribution in [2.24, 2.45) is 12.8 Å². The van der Waals surface area contributed by atoms with Crippen LogP contribution >= 0.6 is 0 Å². The molecular weight excluding hydrogens is 242 g/mol. The SMILES string of the molecule is CCc1nc2c(C(N)CO)cc(C)cc2c(=O)n1C. The normalized spacial score (nSPS) is 12.9. The summed E-state index contributed by atoms with van der Waals surface area (Å²) in [7, 11) is 1.72. The molecule has 0 radical (unpaired) electrons. The maximum atomic E-state index is 12.3. The van der Waals surface area contributed by atoms with E-state index in [9.17, 15) is 9.90 Å². The van der Waals surface area contributed by atoms with Crippen molar-refractivity contribution >= 4 is 10.9 Å². The van der Waals surface area contributed by atoms with Crippen LogP contribution in [0.15, 0.2) is 16.9 Å². The highest BCUT2D eigenvalue weighted by atomic mass is 16.3. The molecule has 1 heterocycles. The van der Waals surface area contributed by atoms with Crippen LogP contribution < -0.4 is 11.3 Å². The molecule has 5 nitrogen and oxygen atoms in total. The number of aliphatic hydroxyl groups excluding tert-OH is 1. The minimum atomic E-state index is -0.522. The van der Waals surface area contributed by atoms with Gasteiger partial charge >= 0.3 is 0 Å². The van der Waals surface area contributed by atoms with Gasteiger partial charge in [-0.1, -0.05) is 13.0 Å². The Hall–Kier alpha value is -1.72. The molecule has 0 amide bonds. The van der Waals surface area contributed by atoms with Crippen LogP contribution in [0.2, 0.25) is 0 Å². The number of nitrogens with two attached hydrogens (primary N) is 1. The van der Waals surface area contributed by atoms with E-state index in [4.69, 9.17) is 5.73 Å².